The Balaban J connectivity index is 1.38. The lowest BCUT2D eigenvalue weighted by molar-refractivity contribution is 0.221. The molecule has 8 heteroatoms. The van der Waals surface area contributed by atoms with Gasteiger partial charge in [0.05, 0.1) is 17.2 Å². The Kier molecular flexibility index (Phi) is 4.43. The highest BCUT2D eigenvalue weighted by Crippen LogP contribution is 2.28. The van der Waals surface area contributed by atoms with E-state index in [0.717, 1.165) is 40.5 Å². The van der Waals surface area contributed by atoms with Gasteiger partial charge in [0.15, 0.2) is 0 Å². The van der Waals surface area contributed by atoms with Gasteiger partial charge >= 0.3 is 0 Å². The summed E-state index contributed by atoms with van der Waals surface area (Å²) in [5, 5.41) is 16.5. The number of hydrogen-bond donors (Lipinski definition) is 1. The second kappa shape index (κ2) is 7.11. The minimum atomic E-state index is 0.443. The first-order valence-corrected chi connectivity index (χ1v) is 10.2. The highest BCUT2D eigenvalue weighted by Gasteiger charge is 2.23. The van der Waals surface area contributed by atoms with Crippen molar-refractivity contribution in [1.29, 1.82) is 0 Å². The smallest absolute Gasteiger partial charge is 0.241 e. The van der Waals surface area contributed by atoms with Crippen molar-refractivity contribution in [2.24, 2.45) is 7.05 Å². The number of aryl methyl sites for hydroxylation is 1. The number of nitrogens with one attached hydrogen (secondary N) is 1. The summed E-state index contributed by atoms with van der Waals surface area (Å²) in [5.41, 5.74) is 5.10. The van der Waals surface area contributed by atoms with Crippen LogP contribution in [0.5, 0.6) is 0 Å². The van der Waals surface area contributed by atoms with Crippen LogP contribution in [0.1, 0.15) is 25.7 Å². The lowest BCUT2D eigenvalue weighted by Crippen LogP contribution is -2.36. The van der Waals surface area contributed by atoms with Gasteiger partial charge in [-0.15, -0.1) is 10.2 Å². The Morgan fingerprint density at radius 2 is 1.90 bits per heavy atom. The maximum absolute atomic E-state index is 4.69. The predicted molar refractivity (Wildman–Crippen MR) is 114 cm³/mol. The van der Waals surface area contributed by atoms with Crippen LogP contribution in [-0.2, 0) is 7.05 Å². The summed E-state index contributed by atoms with van der Waals surface area (Å²) in [6.07, 6.45) is 8.63. The number of aromatic nitrogens is 6. The molecule has 0 amide bonds. The fraction of sp³-hybridized carbons (Fsp3) is 0.429. The van der Waals surface area contributed by atoms with Gasteiger partial charge in [-0.3, -0.25) is 0 Å². The molecule has 0 unspecified atom stereocenters. The predicted octanol–water partition coefficient (Wildman–Crippen LogP) is 2.96. The van der Waals surface area contributed by atoms with Crippen molar-refractivity contribution >= 4 is 22.5 Å². The first-order chi connectivity index (χ1) is 14.1. The van der Waals surface area contributed by atoms with Gasteiger partial charge in [0.25, 0.3) is 0 Å². The molecular weight excluding hydrogens is 364 g/mol. The molecule has 29 heavy (non-hydrogen) atoms. The van der Waals surface area contributed by atoms with Gasteiger partial charge in [0.2, 0.25) is 5.95 Å². The fourth-order valence-electron chi connectivity index (χ4n) is 4.33. The molecule has 1 N–H and O–H groups in total. The second-order valence-corrected chi connectivity index (χ2v) is 8.17. The second-order valence-electron chi connectivity index (χ2n) is 8.17. The molecule has 4 aromatic rings. The average Bonchev–Trinajstić information content (AvgIpc) is 3.31. The van der Waals surface area contributed by atoms with E-state index in [1.165, 1.54) is 12.8 Å². The topological polar surface area (TPSA) is 76.2 Å². The van der Waals surface area contributed by atoms with Crippen LogP contribution in [0, 0.1) is 0 Å². The lowest BCUT2D eigenvalue weighted by Gasteiger charge is -2.32. The van der Waals surface area contributed by atoms with Crippen LogP contribution in [0.2, 0.25) is 0 Å². The quantitative estimate of drug-likeness (QED) is 0.577. The molecule has 5 rings (SSSR count). The summed E-state index contributed by atoms with van der Waals surface area (Å²) in [6.45, 7) is 0. The van der Waals surface area contributed by atoms with E-state index in [1.807, 2.05) is 30.0 Å². The zero-order chi connectivity index (χ0) is 20.0. The fourth-order valence-corrected chi connectivity index (χ4v) is 4.33. The van der Waals surface area contributed by atoms with Crippen molar-refractivity contribution in [3.63, 3.8) is 0 Å². The lowest BCUT2D eigenvalue weighted by atomic mass is 9.91. The number of benzene rings is 1. The third-order valence-corrected chi connectivity index (χ3v) is 6.10. The van der Waals surface area contributed by atoms with E-state index in [9.17, 15) is 0 Å². The standard InChI is InChI=1S/C21H26N8/c1-27(2)16-7-5-15(6-8-16)23-21-22-13-20-17(10-11-29(20)25-21)14-4-9-18-19(12-14)28(3)26-24-18/h4,9-13,15-16H,5-8H2,1-3H3,(H,23,25)/t15-,16-. The molecule has 8 nitrogen and oxygen atoms in total. The van der Waals surface area contributed by atoms with Gasteiger partial charge in [-0.25, -0.2) is 14.2 Å². The third-order valence-electron chi connectivity index (χ3n) is 6.10. The molecule has 1 fully saturated rings. The van der Waals surface area contributed by atoms with Crippen molar-refractivity contribution in [2.75, 3.05) is 19.4 Å². The van der Waals surface area contributed by atoms with Crippen molar-refractivity contribution < 1.29 is 0 Å². The summed E-state index contributed by atoms with van der Waals surface area (Å²) in [5.74, 6) is 0.694. The molecule has 0 aliphatic heterocycles. The van der Waals surface area contributed by atoms with E-state index in [2.05, 4.69) is 57.8 Å². The first-order valence-electron chi connectivity index (χ1n) is 10.2. The van der Waals surface area contributed by atoms with Gasteiger partial charge < -0.3 is 10.2 Å². The number of fused-ring (bicyclic) bond motifs is 2. The monoisotopic (exact) mass is 390 g/mol. The van der Waals surface area contributed by atoms with Gasteiger partial charge in [0, 0.05) is 30.9 Å². The van der Waals surface area contributed by atoms with Crippen LogP contribution in [0.25, 0.3) is 27.7 Å². The highest BCUT2D eigenvalue weighted by molar-refractivity contribution is 5.87. The molecule has 1 saturated carbocycles. The van der Waals surface area contributed by atoms with Crippen LogP contribution in [0.3, 0.4) is 0 Å². The maximum Gasteiger partial charge on any atom is 0.241 e. The number of hydrogen-bond acceptors (Lipinski definition) is 6. The number of anilines is 1. The molecule has 0 radical (unpaired) electrons. The van der Waals surface area contributed by atoms with Crippen molar-refractivity contribution in [2.45, 2.75) is 37.8 Å². The van der Waals surface area contributed by atoms with Gasteiger partial charge in [-0.05, 0) is 63.5 Å². The molecular formula is C21H26N8. The molecule has 1 aliphatic carbocycles. The van der Waals surface area contributed by atoms with Crippen LogP contribution in [-0.4, -0.2) is 60.7 Å². The Labute approximate surface area is 169 Å². The summed E-state index contributed by atoms with van der Waals surface area (Å²) < 4.78 is 3.70. The van der Waals surface area contributed by atoms with E-state index in [-0.39, 0.29) is 0 Å². The summed E-state index contributed by atoms with van der Waals surface area (Å²) >= 11 is 0. The average molecular weight is 390 g/mol. The molecule has 3 heterocycles. The van der Waals surface area contributed by atoms with Gasteiger partial charge in [-0.1, -0.05) is 11.3 Å². The van der Waals surface area contributed by atoms with Crippen LogP contribution in [0.15, 0.2) is 36.7 Å². The van der Waals surface area contributed by atoms with Crippen LogP contribution in [0.4, 0.5) is 5.95 Å². The van der Waals surface area contributed by atoms with E-state index in [0.29, 0.717) is 18.0 Å². The summed E-state index contributed by atoms with van der Waals surface area (Å²) in [6, 6.07) is 9.40. The minimum Gasteiger partial charge on any atom is -0.350 e. The Hall–Kier alpha value is -3.00. The molecule has 1 aliphatic rings. The van der Waals surface area contributed by atoms with E-state index < -0.39 is 0 Å². The van der Waals surface area contributed by atoms with E-state index >= 15 is 0 Å². The zero-order valence-corrected chi connectivity index (χ0v) is 17.1. The Bertz CT molecular complexity index is 1150. The van der Waals surface area contributed by atoms with E-state index in [1.54, 1.807) is 4.68 Å². The largest absolute Gasteiger partial charge is 0.350 e. The SMILES string of the molecule is Cn1nnc2ccc(-c3ccn4nc(N[C@H]5CC[C@H](N(C)C)CC5)ncc34)cc21. The molecule has 0 spiro atoms. The van der Waals surface area contributed by atoms with E-state index in [4.69, 9.17) is 5.10 Å². The minimum absolute atomic E-state index is 0.443. The molecule has 0 saturated heterocycles. The normalized spacial score (nSPS) is 20.0. The summed E-state index contributed by atoms with van der Waals surface area (Å²) in [7, 11) is 6.24. The highest BCUT2D eigenvalue weighted by atomic mass is 15.4. The molecule has 1 aromatic carbocycles. The molecule has 0 bridgehead atoms. The first kappa shape index (κ1) is 18.1. The number of rotatable bonds is 4. The van der Waals surface area contributed by atoms with Gasteiger partial charge in [-0.2, -0.15) is 0 Å². The summed E-state index contributed by atoms with van der Waals surface area (Å²) in [4.78, 5) is 6.93. The number of nitrogens with zero attached hydrogens (tertiary/aromatic N) is 7. The van der Waals surface area contributed by atoms with Crippen molar-refractivity contribution in [1.82, 2.24) is 34.5 Å². The van der Waals surface area contributed by atoms with Crippen LogP contribution < -0.4 is 5.32 Å². The van der Waals surface area contributed by atoms with Crippen molar-refractivity contribution in [3.8, 4) is 11.1 Å². The molecule has 150 valence electrons. The molecule has 3 aromatic heterocycles. The van der Waals surface area contributed by atoms with Crippen molar-refractivity contribution in [3.05, 3.63) is 36.7 Å². The Morgan fingerprint density at radius 1 is 1.07 bits per heavy atom. The Morgan fingerprint density at radius 3 is 2.69 bits per heavy atom. The molecule has 0 atom stereocenters. The zero-order valence-electron chi connectivity index (χ0n) is 17.1. The maximum atomic E-state index is 4.69. The van der Waals surface area contributed by atoms with Crippen LogP contribution >= 0.6 is 0 Å². The third kappa shape index (κ3) is 3.33. The van der Waals surface area contributed by atoms with Gasteiger partial charge in [0.1, 0.15) is 5.52 Å².